The van der Waals surface area contributed by atoms with Gasteiger partial charge in [-0.3, -0.25) is 9.69 Å². The summed E-state index contributed by atoms with van der Waals surface area (Å²) in [5, 5.41) is 10.8. The quantitative estimate of drug-likeness (QED) is 0.502. The molecular formula is C22H23BrN2O3S. The lowest BCUT2D eigenvalue weighted by Gasteiger charge is -2.14. The largest absolute Gasteiger partial charge is 0.503 e. The number of nitrogens with zero attached hydrogens (tertiary/aromatic N) is 2. The molecule has 0 saturated carbocycles. The number of carbonyl (C=O) groups excluding carboxylic acids is 1. The van der Waals surface area contributed by atoms with Crippen molar-refractivity contribution in [3.8, 4) is 11.5 Å². The van der Waals surface area contributed by atoms with E-state index in [1.165, 1.54) is 11.8 Å². The van der Waals surface area contributed by atoms with Gasteiger partial charge < -0.3 is 9.84 Å². The van der Waals surface area contributed by atoms with E-state index < -0.39 is 0 Å². The Morgan fingerprint density at radius 2 is 2.00 bits per heavy atom. The van der Waals surface area contributed by atoms with Crippen molar-refractivity contribution in [2.24, 2.45) is 4.99 Å². The third-order valence-corrected chi connectivity index (χ3v) is 5.86. The molecule has 1 N–H and O–H groups in total. The van der Waals surface area contributed by atoms with Crippen molar-refractivity contribution in [3.63, 3.8) is 0 Å². The molecule has 3 rings (SSSR count). The molecule has 152 valence electrons. The first-order valence-corrected chi connectivity index (χ1v) is 11.1. The van der Waals surface area contributed by atoms with Crippen LogP contribution in [0.5, 0.6) is 11.5 Å². The lowest BCUT2D eigenvalue weighted by molar-refractivity contribution is -0.122. The van der Waals surface area contributed by atoms with Crippen LogP contribution in [0.2, 0.25) is 0 Å². The van der Waals surface area contributed by atoms with Crippen LogP contribution in [0.15, 0.2) is 56.8 Å². The van der Waals surface area contributed by atoms with Crippen molar-refractivity contribution in [3.05, 3.63) is 57.4 Å². The number of hydrogen-bond acceptors (Lipinski definition) is 5. The molecule has 0 radical (unpaired) electrons. The Bertz CT molecular complexity index is 945. The summed E-state index contributed by atoms with van der Waals surface area (Å²) in [5.41, 5.74) is 1.59. The van der Waals surface area contributed by atoms with Gasteiger partial charge in [0.25, 0.3) is 5.91 Å². The van der Waals surface area contributed by atoms with Crippen molar-refractivity contribution in [1.29, 1.82) is 0 Å². The maximum Gasteiger partial charge on any atom is 0.266 e. The van der Waals surface area contributed by atoms with Crippen molar-refractivity contribution < 1.29 is 14.6 Å². The molecular weight excluding hydrogens is 452 g/mol. The van der Waals surface area contributed by atoms with Crippen LogP contribution in [-0.2, 0) is 4.79 Å². The van der Waals surface area contributed by atoms with Crippen LogP contribution in [0, 0.1) is 0 Å². The number of hydrogen-bond donors (Lipinski definition) is 1. The van der Waals surface area contributed by atoms with Crippen molar-refractivity contribution >= 4 is 50.5 Å². The van der Waals surface area contributed by atoms with E-state index in [1.54, 1.807) is 17.0 Å². The summed E-state index contributed by atoms with van der Waals surface area (Å²) in [4.78, 5) is 20.1. The summed E-state index contributed by atoms with van der Waals surface area (Å²) < 4.78 is 6.01. The maximum absolute atomic E-state index is 13.0. The number of phenols is 1. The molecule has 1 heterocycles. The molecule has 0 atom stereocenters. The highest BCUT2D eigenvalue weighted by Gasteiger charge is 2.33. The van der Waals surface area contributed by atoms with Gasteiger partial charge in [-0.15, -0.1) is 0 Å². The topological polar surface area (TPSA) is 62.1 Å². The number of aliphatic imine (C=N–C) groups is 1. The van der Waals surface area contributed by atoms with Gasteiger partial charge in [0.05, 0.1) is 21.7 Å². The van der Waals surface area contributed by atoms with E-state index in [4.69, 9.17) is 4.74 Å². The predicted molar refractivity (Wildman–Crippen MR) is 123 cm³/mol. The number of halogens is 1. The third-order valence-electron chi connectivity index (χ3n) is 4.25. The van der Waals surface area contributed by atoms with Gasteiger partial charge in [-0.05, 0) is 76.9 Å². The highest BCUT2D eigenvalue weighted by Crippen LogP contribution is 2.39. The number of para-hydroxylation sites is 1. The number of ether oxygens (including phenoxy) is 1. The van der Waals surface area contributed by atoms with Gasteiger partial charge >= 0.3 is 0 Å². The lowest BCUT2D eigenvalue weighted by atomic mass is 10.2. The zero-order valence-electron chi connectivity index (χ0n) is 16.4. The van der Waals surface area contributed by atoms with Crippen molar-refractivity contribution in [1.82, 2.24) is 4.90 Å². The van der Waals surface area contributed by atoms with E-state index in [2.05, 4.69) is 27.8 Å². The number of benzene rings is 2. The molecule has 29 heavy (non-hydrogen) atoms. The van der Waals surface area contributed by atoms with Gasteiger partial charge in [-0.25, -0.2) is 4.99 Å². The molecule has 0 aromatic heterocycles. The van der Waals surface area contributed by atoms with Gasteiger partial charge in [0.15, 0.2) is 16.7 Å². The number of amides is 1. The molecule has 7 heteroatoms. The van der Waals surface area contributed by atoms with Crippen molar-refractivity contribution in [2.75, 3.05) is 13.2 Å². The van der Waals surface area contributed by atoms with E-state index in [0.29, 0.717) is 33.4 Å². The molecule has 1 aliphatic heterocycles. The average molecular weight is 475 g/mol. The van der Waals surface area contributed by atoms with Crippen LogP contribution in [-0.4, -0.2) is 34.2 Å². The molecule has 5 nitrogen and oxygen atoms in total. The molecule has 0 aliphatic carbocycles. The first-order valence-electron chi connectivity index (χ1n) is 9.54. The highest BCUT2D eigenvalue weighted by atomic mass is 79.9. The Balaban J connectivity index is 1.95. The zero-order valence-corrected chi connectivity index (χ0v) is 18.8. The molecule has 0 unspecified atom stereocenters. The SMILES string of the molecule is CCCCN1C(=O)C(=Cc2cc(Br)c(O)c(OCC)c2)SC1=Nc1ccccc1. The Kier molecular flexibility index (Phi) is 7.39. The van der Waals surface area contributed by atoms with Crippen LogP contribution >= 0.6 is 27.7 Å². The third kappa shape index (κ3) is 5.22. The Morgan fingerprint density at radius 3 is 2.69 bits per heavy atom. The van der Waals surface area contributed by atoms with E-state index in [9.17, 15) is 9.90 Å². The Labute approximate surface area is 183 Å². The fourth-order valence-electron chi connectivity index (χ4n) is 2.81. The van der Waals surface area contributed by atoms with Gasteiger partial charge in [0.2, 0.25) is 0 Å². The first-order chi connectivity index (χ1) is 14.0. The normalized spacial score (nSPS) is 16.8. The summed E-state index contributed by atoms with van der Waals surface area (Å²) in [6.07, 6.45) is 3.72. The minimum atomic E-state index is -0.0553. The second-order valence-corrected chi connectivity index (χ2v) is 8.30. The molecule has 1 saturated heterocycles. The number of rotatable bonds is 7. The fraction of sp³-hybridized carbons (Fsp3) is 0.273. The summed E-state index contributed by atoms with van der Waals surface area (Å²) in [6, 6.07) is 13.1. The van der Waals surface area contributed by atoms with Gasteiger partial charge in [-0.2, -0.15) is 0 Å². The molecule has 2 aromatic carbocycles. The summed E-state index contributed by atoms with van der Waals surface area (Å²) in [5.74, 6) is 0.376. The minimum absolute atomic E-state index is 0.0512. The number of thioether (sulfide) groups is 1. The fourth-order valence-corrected chi connectivity index (χ4v) is 4.30. The van der Waals surface area contributed by atoms with Crippen LogP contribution in [0.4, 0.5) is 5.69 Å². The second kappa shape index (κ2) is 9.98. The van der Waals surface area contributed by atoms with E-state index in [1.807, 2.05) is 43.3 Å². The average Bonchev–Trinajstić information content (AvgIpc) is 2.99. The van der Waals surface area contributed by atoms with Gasteiger partial charge in [-0.1, -0.05) is 31.5 Å². The van der Waals surface area contributed by atoms with Crippen LogP contribution < -0.4 is 4.74 Å². The monoisotopic (exact) mass is 474 g/mol. The number of unbranched alkanes of at least 4 members (excludes halogenated alkanes) is 1. The number of amidine groups is 1. The smallest absolute Gasteiger partial charge is 0.266 e. The number of aromatic hydroxyl groups is 1. The van der Waals surface area contributed by atoms with Crippen LogP contribution in [0.3, 0.4) is 0 Å². The molecule has 0 bridgehead atoms. The summed E-state index contributed by atoms with van der Waals surface area (Å²) >= 11 is 4.71. The molecule has 2 aromatic rings. The standard InChI is InChI=1S/C22H23BrN2O3S/c1-3-5-11-25-21(27)19(29-22(25)24-16-9-7-6-8-10-16)14-15-12-17(23)20(26)18(13-15)28-4-2/h6-10,12-14,26H,3-5,11H2,1-2H3. The van der Waals surface area contributed by atoms with Gasteiger partial charge in [0, 0.05) is 6.54 Å². The number of phenolic OH excluding ortho intramolecular Hbond substituents is 1. The maximum atomic E-state index is 13.0. The lowest BCUT2D eigenvalue weighted by Crippen LogP contribution is -2.30. The summed E-state index contributed by atoms with van der Waals surface area (Å²) in [6.45, 7) is 5.02. The van der Waals surface area contributed by atoms with E-state index >= 15 is 0 Å². The molecule has 1 aliphatic rings. The zero-order chi connectivity index (χ0) is 20.8. The van der Waals surface area contributed by atoms with Crippen molar-refractivity contribution in [2.45, 2.75) is 26.7 Å². The van der Waals surface area contributed by atoms with Crippen LogP contribution in [0.1, 0.15) is 32.3 Å². The second-order valence-electron chi connectivity index (χ2n) is 6.43. The van der Waals surface area contributed by atoms with Gasteiger partial charge in [0.1, 0.15) is 0 Å². The minimum Gasteiger partial charge on any atom is -0.503 e. The van der Waals surface area contributed by atoms with E-state index in [-0.39, 0.29) is 11.7 Å². The molecule has 1 fully saturated rings. The molecule has 0 spiro atoms. The number of carbonyl (C=O) groups is 1. The van der Waals surface area contributed by atoms with E-state index in [0.717, 1.165) is 24.1 Å². The molecule has 1 amide bonds. The Hall–Kier alpha value is -2.25. The predicted octanol–water partition coefficient (Wildman–Crippen LogP) is 5.96. The highest BCUT2D eigenvalue weighted by molar-refractivity contribution is 9.10. The Morgan fingerprint density at radius 1 is 1.24 bits per heavy atom. The first kappa shape index (κ1) is 21.5. The van der Waals surface area contributed by atoms with Crippen LogP contribution in [0.25, 0.3) is 6.08 Å². The summed E-state index contributed by atoms with van der Waals surface area (Å²) in [7, 11) is 0.